The molecule has 0 aliphatic heterocycles. The molecule has 11 heavy (non-hydrogen) atoms. The van der Waals surface area contributed by atoms with Gasteiger partial charge >= 0.3 is 0 Å². The van der Waals surface area contributed by atoms with Gasteiger partial charge in [0.05, 0.1) is 5.92 Å². The van der Waals surface area contributed by atoms with Crippen LogP contribution in [0.2, 0.25) is 19.6 Å². The summed E-state index contributed by atoms with van der Waals surface area (Å²) in [5, 5.41) is 0. The first-order chi connectivity index (χ1) is 5.08. The molecule has 1 saturated carbocycles. The van der Waals surface area contributed by atoms with Crippen molar-refractivity contribution in [1.29, 1.82) is 0 Å². The summed E-state index contributed by atoms with van der Waals surface area (Å²) in [5.41, 5.74) is 3.31. The second kappa shape index (κ2) is 3.45. The van der Waals surface area contributed by atoms with Crippen molar-refractivity contribution in [2.45, 2.75) is 19.6 Å². The molecule has 0 aromatic carbocycles. The summed E-state index contributed by atoms with van der Waals surface area (Å²) in [6.45, 7) is 6.76. The van der Waals surface area contributed by atoms with E-state index in [1.54, 1.807) is 0 Å². The molecule has 0 unspecified atom stereocenters. The molecule has 5 radical (unpaired) electrons. The van der Waals surface area contributed by atoms with Crippen molar-refractivity contribution in [1.82, 2.24) is 0 Å². The Balaban J connectivity index is 2.42. The summed E-state index contributed by atoms with van der Waals surface area (Å²) >= 11 is 0. The Morgan fingerprint density at radius 3 is 2.09 bits per heavy atom. The first-order valence-electron chi connectivity index (χ1n) is 3.83. The lowest BCUT2D eigenvalue weighted by atomic mass is 10.1. The molecular weight excluding hydrogens is 148 g/mol. The fourth-order valence-electron chi connectivity index (χ4n) is 0.717. The van der Waals surface area contributed by atoms with Crippen molar-refractivity contribution in [3.8, 4) is 11.5 Å². The van der Waals surface area contributed by atoms with Gasteiger partial charge in [0, 0.05) is 0 Å². The molecule has 0 nitrogen and oxygen atoms in total. The van der Waals surface area contributed by atoms with Crippen molar-refractivity contribution in [2.24, 2.45) is 0 Å². The Bertz CT molecular complexity index is 171. The van der Waals surface area contributed by atoms with E-state index in [9.17, 15) is 0 Å². The summed E-state index contributed by atoms with van der Waals surface area (Å²) in [6, 6.07) is 0. The second-order valence-corrected chi connectivity index (χ2v) is 8.42. The Labute approximate surface area is 71.4 Å². The van der Waals surface area contributed by atoms with Crippen LogP contribution < -0.4 is 0 Å². The SMILES string of the molecule is C[Si](C)(C)C#C[C]1[CH][CH][CH][CH]1. The third-order valence-electron chi connectivity index (χ3n) is 1.24. The van der Waals surface area contributed by atoms with E-state index in [0.717, 1.165) is 5.92 Å². The Hall–Kier alpha value is -0.223. The molecule has 1 fully saturated rings. The van der Waals surface area contributed by atoms with E-state index in [4.69, 9.17) is 0 Å². The maximum atomic E-state index is 3.31. The standard InChI is InChI=1S/C10H13Si/c1-11(2,3)9-8-10-6-4-5-7-10/h4-7H,1-3H3. The van der Waals surface area contributed by atoms with Gasteiger partial charge in [-0.05, 0) is 25.7 Å². The van der Waals surface area contributed by atoms with E-state index in [2.05, 4.69) is 31.1 Å². The van der Waals surface area contributed by atoms with Gasteiger partial charge in [-0.25, -0.2) is 0 Å². The van der Waals surface area contributed by atoms with Crippen LogP contribution in [0.15, 0.2) is 0 Å². The zero-order chi connectivity index (χ0) is 8.32. The highest BCUT2D eigenvalue weighted by Crippen LogP contribution is 2.21. The topological polar surface area (TPSA) is 0 Å². The Morgan fingerprint density at radius 2 is 1.64 bits per heavy atom. The summed E-state index contributed by atoms with van der Waals surface area (Å²) in [6.07, 6.45) is 8.14. The van der Waals surface area contributed by atoms with Gasteiger partial charge in [-0.15, -0.1) is 11.5 Å². The molecule has 1 rings (SSSR count). The molecule has 0 amide bonds. The molecule has 0 atom stereocenters. The van der Waals surface area contributed by atoms with E-state index in [-0.39, 0.29) is 0 Å². The van der Waals surface area contributed by atoms with Gasteiger partial charge in [-0.3, -0.25) is 0 Å². The fraction of sp³-hybridized carbons (Fsp3) is 0.300. The van der Waals surface area contributed by atoms with Crippen LogP contribution in [-0.2, 0) is 0 Å². The Kier molecular flexibility index (Phi) is 2.78. The molecule has 1 heteroatoms. The highest BCUT2D eigenvalue weighted by atomic mass is 28.3. The van der Waals surface area contributed by atoms with Gasteiger partial charge in [-0.1, -0.05) is 19.6 Å². The van der Waals surface area contributed by atoms with Crippen LogP contribution in [0, 0.1) is 43.1 Å². The minimum absolute atomic E-state index is 1.15. The molecule has 0 aromatic heterocycles. The maximum Gasteiger partial charge on any atom is 0.129 e. The van der Waals surface area contributed by atoms with Crippen LogP contribution in [0.5, 0.6) is 0 Å². The highest BCUT2D eigenvalue weighted by Gasteiger charge is 2.15. The minimum atomic E-state index is -1.17. The minimum Gasteiger partial charge on any atom is -0.131 e. The quantitative estimate of drug-likeness (QED) is 0.378. The van der Waals surface area contributed by atoms with Gasteiger partial charge < -0.3 is 0 Å². The molecule has 0 N–H and O–H groups in total. The monoisotopic (exact) mass is 161 g/mol. The molecule has 0 spiro atoms. The fourth-order valence-corrected chi connectivity index (χ4v) is 1.24. The molecule has 0 bridgehead atoms. The zero-order valence-corrected chi connectivity index (χ0v) is 8.31. The predicted molar refractivity (Wildman–Crippen MR) is 51.6 cm³/mol. The van der Waals surface area contributed by atoms with Crippen molar-refractivity contribution >= 4 is 8.07 Å². The Morgan fingerprint density at radius 1 is 1.09 bits per heavy atom. The number of hydrogen-bond donors (Lipinski definition) is 0. The predicted octanol–water partition coefficient (Wildman–Crippen LogP) is 2.27. The van der Waals surface area contributed by atoms with Crippen molar-refractivity contribution in [2.75, 3.05) is 0 Å². The van der Waals surface area contributed by atoms with E-state index in [1.807, 2.05) is 25.7 Å². The lowest BCUT2D eigenvalue weighted by Crippen LogP contribution is -2.16. The number of hydrogen-bond acceptors (Lipinski definition) is 0. The normalized spacial score (nSPS) is 19.5. The van der Waals surface area contributed by atoms with Gasteiger partial charge in [0.25, 0.3) is 0 Å². The molecule has 1 aliphatic carbocycles. The second-order valence-electron chi connectivity index (χ2n) is 3.67. The van der Waals surface area contributed by atoms with Gasteiger partial charge in [0.1, 0.15) is 8.07 Å². The van der Waals surface area contributed by atoms with Gasteiger partial charge in [-0.2, -0.15) is 0 Å². The lowest BCUT2D eigenvalue weighted by molar-refractivity contribution is 1.43. The average molecular weight is 161 g/mol. The van der Waals surface area contributed by atoms with Crippen LogP contribution in [0.1, 0.15) is 0 Å². The van der Waals surface area contributed by atoms with E-state index in [1.165, 1.54) is 0 Å². The zero-order valence-electron chi connectivity index (χ0n) is 7.31. The van der Waals surface area contributed by atoms with Gasteiger partial charge in [0.2, 0.25) is 0 Å². The molecule has 0 aromatic rings. The van der Waals surface area contributed by atoms with Gasteiger partial charge in [0.15, 0.2) is 0 Å². The maximum absolute atomic E-state index is 3.31. The molecule has 57 valence electrons. The van der Waals surface area contributed by atoms with Crippen LogP contribution in [0.3, 0.4) is 0 Å². The van der Waals surface area contributed by atoms with Crippen molar-refractivity contribution in [3.05, 3.63) is 31.6 Å². The highest BCUT2D eigenvalue weighted by molar-refractivity contribution is 6.83. The van der Waals surface area contributed by atoms with Crippen LogP contribution in [-0.4, -0.2) is 8.07 Å². The van der Waals surface area contributed by atoms with E-state index in [0.29, 0.717) is 0 Å². The first-order valence-corrected chi connectivity index (χ1v) is 7.33. The van der Waals surface area contributed by atoms with Crippen LogP contribution in [0.25, 0.3) is 0 Å². The summed E-state index contributed by atoms with van der Waals surface area (Å²) < 4.78 is 0. The summed E-state index contributed by atoms with van der Waals surface area (Å²) in [4.78, 5) is 0. The molecular formula is C10H13Si. The smallest absolute Gasteiger partial charge is 0.129 e. The third-order valence-corrected chi connectivity index (χ3v) is 2.12. The summed E-state index contributed by atoms with van der Waals surface area (Å²) in [7, 11) is -1.17. The summed E-state index contributed by atoms with van der Waals surface area (Å²) in [5.74, 6) is 4.32. The van der Waals surface area contributed by atoms with Crippen LogP contribution >= 0.6 is 0 Å². The van der Waals surface area contributed by atoms with Crippen LogP contribution in [0.4, 0.5) is 0 Å². The molecule has 0 saturated heterocycles. The molecule has 1 aliphatic rings. The largest absolute Gasteiger partial charge is 0.131 e. The lowest BCUT2D eigenvalue weighted by Gasteiger charge is -2.04. The van der Waals surface area contributed by atoms with E-state index >= 15 is 0 Å². The van der Waals surface area contributed by atoms with Crippen molar-refractivity contribution in [3.63, 3.8) is 0 Å². The number of rotatable bonds is 0. The first kappa shape index (κ1) is 8.87. The van der Waals surface area contributed by atoms with E-state index < -0.39 is 8.07 Å². The van der Waals surface area contributed by atoms with Crippen molar-refractivity contribution < 1.29 is 0 Å². The average Bonchev–Trinajstić information content (AvgIpc) is 2.32. The third kappa shape index (κ3) is 3.62. The molecule has 0 heterocycles.